The van der Waals surface area contributed by atoms with Gasteiger partial charge in [0.1, 0.15) is 19.1 Å². The standard InChI is InChI=1S/C31H34F2N6O3.C2HF3O2/c1-6-16-42-26-11-10-24(27(32)28(26)33)25-20-36-30-29(34-12-14-38(25)30)37-22-8-9-23(21(7-2)19-22)31(40)35-13-17-41-18-15-39(3,4)5;3-2(4,5)1(6)7/h1,8-12,14,19-20H,7,13,15-18H2,2-5H3,(H-,34,35,37,40);(H,6,7). The Balaban J connectivity index is 0.000000838. The summed E-state index contributed by atoms with van der Waals surface area (Å²) in [5.74, 6) is -3.01. The van der Waals surface area contributed by atoms with Gasteiger partial charge in [0.25, 0.3) is 5.91 Å². The Morgan fingerprint density at radius 2 is 1.80 bits per heavy atom. The molecule has 2 N–H and O–H groups in total. The van der Waals surface area contributed by atoms with Gasteiger partial charge in [0.2, 0.25) is 5.82 Å². The van der Waals surface area contributed by atoms with Crippen molar-refractivity contribution in [2.45, 2.75) is 19.5 Å². The number of carbonyl (C=O) groups is 2. The van der Waals surface area contributed by atoms with Crippen LogP contribution in [0.4, 0.5) is 33.5 Å². The number of nitrogens with zero attached hydrogens (tertiary/aromatic N) is 4. The quantitative estimate of drug-likeness (QED) is 0.0940. The first-order valence-electron chi connectivity index (χ1n) is 14.8. The number of terminal acetylenes is 1. The predicted molar refractivity (Wildman–Crippen MR) is 169 cm³/mol. The zero-order valence-electron chi connectivity index (χ0n) is 27.2. The Morgan fingerprint density at radius 3 is 2.43 bits per heavy atom. The second-order valence-electron chi connectivity index (χ2n) is 11.4. The number of aromatic nitrogens is 3. The van der Waals surface area contributed by atoms with Gasteiger partial charge >= 0.3 is 6.18 Å². The Labute approximate surface area is 279 Å². The van der Waals surface area contributed by atoms with Crippen LogP contribution in [-0.4, -0.2) is 91.0 Å². The number of likely N-dealkylation sites (N-methyl/N-ethyl adjacent to an activating group) is 1. The molecule has 0 spiro atoms. The van der Waals surface area contributed by atoms with Gasteiger partial charge in [0.05, 0.1) is 46.2 Å². The van der Waals surface area contributed by atoms with Crippen molar-refractivity contribution >= 4 is 29.0 Å². The monoisotopic (exact) mass is 690 g/mol. The van der Waals surface area contributed by atoms with Gasteiger partial charge in [-0.2, -0.15) is 17.6 Å². The van der Waals surface area contributed by atoms with Crippen molar-refractivity contribution in [3.8, 4) is 29.4 Å². The van der Waals surface area contributed by atoms with Crippen molar-refractivity contribution in [3.05, 3.63) is 71.7 Å². The van der Waals surface area contributed by atoms with E-state index in [2.05, 4.69) is 47.7 Å². The molecular formula is C33H35F5N6O5. The fraction of sp³-hybridized carbons (Fsp3) is 0.333. The number of aliphatic carboxylic acids is 1. The minimum atomic E-state index is -5.19. The molecule has 0 aliphatic heterocycles. The van der Waals surface area contributed by atoms with E-state index in [-0.39, 0.29) is 23.8 Å². The summed E-state index contributed by atoms with van der Waals surface area (Å²) in [6.45, 7) is 4.16. The summed E-state index contributed by atoms with van der Waals surface area (Å²) in [5.41, 5.74) is 2.88. The van der Waals surface area contributed by atoms with E-state index in [1.54, 1.807) is 22.7 Å². The van der Waals surface area contributed by atoms with Gasteiger partial charge in [-0.3, -0.25) is 9.20 Å². The first kappa shape index (κ1) is 38.2. The predicted octanol–water partition coefficient (Wildman–Crippen LogP) is 3.74. The maximum absolute atomic E-state index is 15.0. The number of amides is 1. The smallest absolute Gasteiger partial charge is 0.430 e. The van der Waals surface area contributed by atoms with Crippen LogP contribution in [0.2, 0.25) is 0 Å². The summed E-state index contributed by atoms with van der Waals surface area (Å²) >= 11 is 0. The third-order valence-corrected chi connectivity index (χ3v) is 6.73. The number of hydrogen-bond acceptors (Lipinski definition) is 8. The summed E-state index contributed by atoms with van der Waals surface area (Å²) in [4.78, 5) is 30.4. The average Bonchev–Trinajstić information content (AvgIpc) is 3.47. The third kappa shape index (κ3) is 10.6. The molecule has 4 aromatic rings. The van der Waals surface area contributed by atoms with Crippen LogP contribution in [0.5, 0.6) is 5.75 Å². The molecule has 1 amide bonds. The van der Waals surface area contributed by atoms with E-state index < -0.39 is 23.8 Å². The lowest BCUT2D eigenvalue weighted by Gasteiger charge is -2.23. The summed E-state index contributed by atoms with van der Waals surface area (Å²) in [5, 5.41) is 14.9. The number of carboxylic acid groups (broad SMARTS) is 1. The Morgan fingerprint density at radius 1 is 1.08 bits per heavy atom. The molecule has 2 heterocycles. The highest BCUT2D eigenvalue weighted by atomic mass is 19.4. The first-order valence-corrected chi connectivity index (χ1v) is 14.8. The normalized spacial score (nSPS) is 11.3. The molecule has 2 aromatic heterocycles. The number of halogens is 5. The number of alkyl halides is 3. The molecule has 262 valence electrons. The highest BCUT2D eigenvalue weighted by Gasteiger charge is 2.29. The number of rotatable bonds is 13. The summed E-state index contributed by atoms with van der Waals surface area (Å²) in [6, 6.07) is 8.16. The van der Waals surface area contributed by atoms with Crippen LogP contribution < -0.4 is 20.5 Å². The summed E-state index contributed by atoms with van der Waals surface area (Å²) < 4.78 is 74.2. The van der Waals surface area contributed by atoms with Gasteiger partial charge in [-0.05, 0) is 42.3 Å². The van der Waals surface area contributed by atoms with Crippen LogP contribution in [0.1, 0.15) is 22.8 Å². The minimum Gasteiger partial charge on any atom is -0.542 e. The lowest BCUT2D eigenvalue weighted by molar-refractivity contribution is -0.870. The molecule has 0 fully saturated rings. The number of hydrogen-bond donors (Lipinski definition) is 2. The fourth-order valence-electron chi connectivity index (χ4n) is 4.26. The van der Waals surface area contributed by atoms with Gasteiger partial charge in [-0.25, -0.2) is 14.4 Å². The zero-order chi connectivity index (χ0) is 36.4. The van der Waals surface area contributed by atoms with Crippen LogP contribution in [0.15, 0.2) is 48.9 Å². The van der Waals surface area contributed by atoms with Crippen molar-refractivity contribution < 1.29 is 50.6 Å². The number of nitrogens with one attached hydrogen (secondary N) is 2. The maximum Gasteiger partial charge on any atom is 0.430 e. The molecule has 0 radical (unpaired) electrons. The molecule has 49 heavy (non-hydrogen) atoms. The van der Waals surface area contributed by atoms with E-state index >= 15 is 0 Å². The van der Waals surface area contributed by atoms with Gasteiger partial charge in [-0.15, -0.1) is 6.42 Å². The van der Waals surface area contributed by atoms with Crippen molar-refractivity contribution in [2.75, 3.05) is 59.4 Å². The molecule has 0 saturated carbocycles. The van der Waals surface area contributed by atoms with Crippen LogP contribution >= 0.6 is 0 Å². The number of carbonyl (C=O) groups excluding carboxylic acids is 2. The van der Waals surface area contributed by atoms with E-state index in [1.807, 2.05) is 13.0 Å². The van der Waals surface area contributed by atoms with Crippen LogP contribution in [0.3, 0.4) is 0 Å². The van der Waals surface area contributed by atoms with Gasteiger partial charge in [0, 0.05) is 35.8 Å². The largest absolute Gasteiger partial charge is 0.542 e. The molecule has 2 aromatic carbocycles. The van der Waals surface area contributed by atoms with Gasteiger partial charge in [-0.1, -0.05) is 12.8 Å². The van der Waals surface area contributed by atoms with E-state index in [1.165, 1.54) is 24.5 Å². The number of carboxylic acids is 1. The number of ether oxygens (including phenoxy) is 2. The van der Waals surface area contributed by atoms with Crippen molar-refractivity contribution in [1.29, 1.82) is 0 Å². The number of quaternary nitrogens is 1. The average molecular weight is 691 g/mol. The van der Waals surface area contributed by atoms with Crippen molar-refractivity contribution in [1.82, 2.24) is 19.7 Å². The molecular weight excluding hydrogens is 655 g/mol. The first-order chi connectivity index (χ1) is 23.1. The number of aryl methyl sites for hydroxylation is 1. The second kappa shape index (κ2) is 16.7. The number of benzene rings is 2. The van der Waals surface area contributed by atoms with Gasteiger partial charge in [0.15, 0.2) is 23.0 Å². The van der Waals surface area contributed by atoms with Crippen LogP contribution in [-0.2, 0) is 16.0 Å². The topological polar surface area (TPSA) is 130 Å². The zero-order valence-corrected chi connectivity index (χ0v) is 27.2. The number of imidazole rings is 1. The van der Waals surface area contributed by atoms with Crippen LogP contribution in [0, 0.1) is 24.0 Å². The fourth-order valence-corrected chi connectivity index (χ4v) is 4.26. The molecule has 0 aliphatic rings. The van der Waals surface area contributed by atoms with Gasteiger partial charge < -0.3 is 34.5 Å². The SMILES string of the molecule is C#CCOc1ccc(-c2cnc3c(Nc4ccc(C(=O)NCCOCC[N+](C)(C)C)c(CC)c4)nccn23)c(F)c1F.O=C([O-])C(F)(F)F. The van der Waals surface area contributed by atoms with E-state index in [0.29, 0.717) is 54.6 Å². The summed E-state index contributed by atoms with van der Waals surface area (Å²) in [6.07, 6.45) is 5.17. The highest BCUT2D eigenvalue weighted by Crippen LogP contribution is 2.32. The molecule has 11 nitrogen and oxygen atoms in total. The third-order valence-electron chi connectivity index (χ3n) is 6.73. The molecule has 0 bridgehead atoms. The van der Waals surface area contributed by atoms with E-state index in [4.69, 9.17) is 25.8 Å². The summed E-state index contributed by atoms with van der Waals surface area (Å²) in [7, 11) is 6.30. The Hall–Kier alpha value is -5.27. The maximum atomic E-state index is 15.0. The lowest BCUT2D eigenvalue weighted by atomic mass is 10.0. The Bertz CT molecular complexity index is 1810. The highest BCUT2D eigenvalue weighted by molar-refractivity contribution is 5.96. The van der Waals surface area contributed by atoms with Crippen molar-refractivity contribution in [2.24, 2.45) is 0 Å². The van der Waals surface area contributed by atoms with E-state index in [0.717, 1.165) is 16.6 Å². The Kier molecular flexibility index (Phi) is 13.0. The molecule has 0 unspecified atom stereocenters. The molecule has 0 aliphatic carbocycles. The lowest BCUT2D eigenvalue weighted by Crippen LogP contribution is -2.38. The minimum absolute atomic E-state index is 0.00705. The second-order valence-corrected chi connectivity index (χ2v) is 11.4. The van der Waals surface area contributed by atoms with E-state index in [9.17, 15) is 26.7 Å². The number of fused-ring (bicyclic) bond motifs is 1. The van der Waals surface area contributed by atoms with Crippen LogP contribution in [0.25, 0.3) is 16.9 Å². The molecule has 0 atom stereocenters. The molecule has 16 heteroatoms. The number of anilines is 2. The molecule has 4 rings (SSSR count). The van der Waals surface area contributed by atoms with Crippen molar-refractivity contribution in [3.63, 3.8) is 0 Å². The molecule has 0 saturated heterocycles.